The minimum absolute atomic E-state index is 0.413. The van der Waals surface area contributed by atoms with E-state index in [1.807, 2.05) is 0 Å². The average Bonchev–Trinajstić information content (AvgIpc) is 2.77. The predicted molar refractivity (Wildman–Crippen MR) is 135 cm³/mol. The second-order valence-electron chi connectivity index (χ2n) is 8.84. The molecule has 0 aliphatic heterocycles. The number of hydrogen-bond donors (Lipinski definition) is 0. The van der Waals surface area contributed by atoms with Crippen LogP contribution in [-0.4, -0.2) is 0 Å². The average molecular weight is 405 g/mol. The van der Waals surface area contributed by atoms with Gasteiger partial charge >= 0.3 is 0 Å². The third kappa shape index (κ3) is 5.52. The fourth-order valence-electron chi connectivity index (χ4n) is 4.38. The number of hydrogen-bond acceptors (Lipinski definition) is 0. The zero-order chi connectivity index (χ0) is 21.6. The molecule has 3 aromatic rings. The van der Waals surface area contributed by atoms with Crippen LogP contribution in [0.3, 0.4) is 0 Å². The highest BCUT2D eigenvalue weighted by molar-refractivity contribution is 5.57. The maximum absolute atomic E-state index is 2.41. The fourth-order valence-corrected chi connectivity index (χ4v) is 4.38. The molecule has 1 aliphatic carbocycles. The van der Waals surface area contributed by atoms with Gasteiger partial charge in [0.25, 0.3) is 0 Å². The molecule has 0 aromatic heterocycles. The molecule has 156 valence electrons. The summed E-state index contributed by atoms with van der Waals surface area (Å²) in [5.74, 6) is 0.413. The fraction of sp³-hybridized carbons (Fsp3) is 0.226. The summed E-state index contributed by atoms with van der Waals surface area (Å²) in [6.45, 7) is 6.59. The monoisotopic (exact) mass is 404 g/mol. The molecule has 3 aromatic carbocycles. The topological polar surface area (TPSA) is 0 Å². The van der Waals surface area contributed by atoms with E-state index in [4.69, 9.17) is 0 Å². The van der Waals surface area contributed by atoms with Gasteiger partial charge in [-0.05, 0) is 67.9 Å². The summed E-state index contributed by atoms with van der Waals surface area (Å²) in [6, 6.07) is 26.5. The van der Waals surface area contributed by atoms with Crippen molar-refractivity contribution in [2.45, 2.75) is 40.0 Å². The van der Waals surface area contributed by atoms with Crippen LogP contribution in [-0.2, 0) is 12.8 Å². The van der Waals surface area contributed by atoms with Gasteiger partial charge in [-0.25, -0.2) is 0 Å². The first-order valence-corrected chi connectivity index (χ1v) is 11.3. The summed E-state index contributed by atoms with van der Waals surface area (Å²) >= 11 is 0. The molecule has 0 heteroatoms. The maximum atomic E-state index is 2.41. The second kappa shape index (κ2) is 9.79. The lowest BCUT2D eigenvalue weighted by Gasteiger charge is -2.23. The lowest BCUT2D eigenvalue weighted by Crippen LogP contribution is -2.10. The Labute approximate surface area is 187 Å². The molecule has 1 unspecified atom stereocenters. The van der Waals surface area contributed by atoms with Crippen LogP contribution < -0.4 is 0 Å². The molecule has 1 atom stereocenters. The van der Waals surface area contributed by atoms with Gasteiger partial charge in [-0.15, -0.1) is 0 Å². The van der Waals surface area contributed by atoms with Crippen molar-refractivity contribution < 1.29 is 0 Å². The Bertz CT molecular complexity index is 1110. The molecule has 0 amide bonds. The van der Waals surface area contributed by atoms with Gasteiger partial charge in [0, 0.05) is 5.92 Å². The molecule has 0 nitrogen and oxygen atoms in total. The predicted octanol–water partition coefficient (Wildman–Crippen LogP) is 8.15. The third-order valence-electron chi connectivity index (χ3n) is 6.32. The van der Waals surface area contributed by atoms with Gasteiger partial charge in [-0.3, -0.25) is 0 Å². The zero-order valence-corrected chi connectivity index (χ0v) is 18.9. The highest BCUT2D eigenvalue weighted by Gasteiger charge is 2.17. The molecule has 0 N–H and O–H groups in total. The quantitative estimate of drug-likeness (QED) is 0.411. The van der Waals surface area contributed by atoms with E-state index in [-0.39, 0.29) is 0 Å². The van der Waals surface area contributed by atoms with Crippen LogP contribution in [0, 0.1) is 19.8 Å². The van der Waals surface area contributed by atoms with Gasteiger partial charge in [0.15, 0.2) is 0 Å². The Kier molecular flexibility index (Phi) is 6.67. The van der Waals surface area contributed by atoms with Gasteiger partial charge < -0.3 is 0 Å². The summed E-state index contributed by atoms with van der Waals surface area (Å²) in [7, 11) is 0. The smallest absolute Gasteiger partial charge is 0.00240 e. The molecule has 0 spiro atoms. The Morgan fingerprint density at radius 3 is 1.87 bits per heavy atom. The molecular formula is C31H32. The highest BCUT2D eigenvalue weighted by Crippen LogP contribution is 2.31. The molecule has 31 heavy (non-hydrogen) atoms. The van der Waals surface area contributed by atoms with E-state index >= 15 is 0 Å². The van der Waals surface area contributed by atoms with Gasteiger partial charge in [0.1, 0.15) is 0 Å². The molecule has 4 rings (SSSR count). The Hall–Kier alpha value is -3.12. The number of benzene rings is 3. The minimum atomic E-state index is 0.413. The summed E-state index contributed by atoms with van der Waals surface area (Å²) < 4.78 is 0. The molecule has 0 radical (unpaired) electrons. The van der Waals surface area contributed by atoms with Crippen LogP contribution in [0.15, 0.2) is 96.1 Å². The van der Waals surface area contributed by atoms with Gasteiger partial charge in [-0.1, -0.05) is 114 Å². The molecule has 0 saturated heterocycles. The third-order valence-corrected chi connectivity index (χ3v) is 6.32. The summed E-state index contributed by atoms with van der Waals surface area (Å²) in [4.78, 5) is 0. The largest absolute Gasteiger partial charge is 0.0764 e. The number of fused-ring (bicyclic) bond motifs is 1. The van der Waals surface area contributed by atoms with Crippen molar-refractivity contribution in [3.63, 3.8) is 0 Å². The summed E-state index contributed by atoms with van der Waals surface area (Å²) in [6.07, 6.45) is 12.6. The van der Waals surface area contributed by atoms with Gasteiger partial charge in [0.05, 0.1) is 0 Å². The van der Waals surface area contributed by atoms with Crippen molar-refractivity contribution >= 4 is 12.2 Å². The van der Waals surface area contributed by atoms with E-state index in [0.29, 0.717) is 5.92 Å². The molecular weight excluding hydrogens is 372 g/mol. The molecule has 1 aliphatic rings. The Morgan fingerprint density at radius 2 is 1.23 bits per heavy atom. The SMILES string of the molecule is CC1=C(/C=C/c2ccc(C)cc2)C(/C=C/c2ccc(C)cc2)CCc2ccccc2C1. The van der Waals surface area contributed by atoms with Gasteiger partial charge in [-0.2, -0.15) is 0 Å². The standard InChI is InChI=1S/C31H32/c1-23-8-12-26(13-9-23)16-18-29-20-19-28-6-4-5-7-30(28)22-25(3)31(29)21-17-27-14-10-24(2)11-15-27/h4-18,21,29H,19-20,22H2,1-3H3/b18-16+,21-17+,31-25?. The van der Waals surface area contributed by atoms with E-state index in [2.05, 4.69) is 118 Å². The van der Waals surface area contributed by atoms with E-state index < -0.39 is 0 Å². The van der Waals surface area contributed by atoms with Crippen LogP contribution in [0.25, 0.3) is 12.2 Å². The van der Waals surface area contributed by atoms with Crippen molar-refractivity contribution in [3.8, 4) is 0 Å². The number of allylic oxidation sites excluding steroid dienone is 4. The maximum Gasteiger partial charge on any atom is 0.00240 e. The van der Waals surface area contributed by atoms with E-state index in [1.54, 1.807) is 0 Å². The zero-order valence-electron chi connectivity index (χ0n) is 18.9. The Balaban J connectivity index is 1.68. The van der Waals surface area contributed by atoms with Crippen molar-refractivity contribution in [2.75, 3.05) is 0 Å². The molecule has 0 bridgehead atoms. The van der Waals surface area contributed by atoms with Crippen LogP contribution in [0.4, 0.5) is 0 Å². The normalized spacial score (nSPS) is 17.1. The van der Waals surface area contributed by atoms with Crippen LogP contribution in [0.2, 0.25) is 0 Å². The van der Waals surface area contributed by atoms with E-state index in [1.165, 1.54) is 44.5 Å². The summed E-state index contributed by atoms with van der Waals surface area (Å²) in [5, 5.41) is 0. The molecule has 0 saturated carbocycles. The second-order valence-corrected chi connectivity index (χ2v) is 8.84. The lowest BCUT2D eigenvalue weighted by atomic mass is 9.82. The van der Waals surface area contributed by atoms with Crippen LogP contribution in [0.1, 0.15) is 46.7 Å². The Morgan fingerprint density at radius 1 is 0.645 bits per heavy atom. The first-order chi connectivity index (χ1) is 15.1. The van der Waals surface area contributed by atoms with Crippen molar-refractivity contribution in [1.82, 2.24) is 0 Å². The first-order valence-electron chi connectivity index (χ1n) is 11.3. The first kappa shape index (κ1) is 21.1. The highest BCUT2D eigenvalue weighted by atomic mass is 14.2. The summed E-state index contributed by atoms with van der Waals surface area (Å²) in [5.41, 5.74) is 11.0. The van der Waals surface area contributed by atoms with Crippen molar-refractivity contribution in [2.24, 2.45) is 5.92 Å². The van der Waals surface area contributed by atoms with Crippen LogP contribution in [0.5, 0.6) is 0 Å². The number of aryl methyl sites for hydroxylation is 3. The van der Waals surface area contributed by atoms with Crippen molar-refractivity contribution in [3.05, 3.63) is 129 Å². The molecule has 0 fully saturated rings. The lowest BCUT2D eigenvalue weighted by molar-refractivity contribution is 0.667. The minimum Gasteiger partial charge on any atom is -0.0764 e. The van der Waals surface area contributed by atoms with E-state index in [0.717, 1.165) is 19.3 Å². The molecule has 0 heterocycles. The van der Waals surface area contributed by atoms with Crippen molar-refractivity contribution in [1.29, 1.82) is 0 Å². The number of rotatable bonds is 4. The van der Waals surface area contributed by atoms with E-state index in [9.17, 15) is 0 Å². The van der Waals surface area contributed by atoms with Crippen LogP contribution >= 0.6 is 0 Å². The van der Waals surface area contributed by atoms with Gasteiger partial charge in [0.2, 0.25) is 0 Å².